The predicted octanol–water partition coefficient (Wildman–Crippen LogP) is 8.28. The van der Waals surface area contributed by atoms with Crippen molar-refractivity contribution in [2.24, 2.45) is 5.92 Å². The molecule has 0 saturated heterocycles. The second kappa shape index (κ2) is 22.1. The smallest absolute Gasteiger partial charge is 0.332 e. The maximum absolute atomic E-state index is 10.5. The van der Waals surface area contributed by atoms with E-state index in [0.29, 0.717) is 6.42 Å². The van der Waals surface area contributed by atoms with E-state index >= 15 is 0 Å². The molecule has 0 rings (SSSR count). The molecule has 0 amide bonds. The Hall–Kier alpha value is -0.570. The fraction of sp³-hybridized carbons (Fsp3) is 0.962. The van der Waals surface area contributed by atoms with Gasteiger partial charge in [-0.25, -0.2) is 4.79 Å². The largest absolute Gasteiger partial charge is 0.479 e. The average molecular weight is 413 g/mol. The lowest BCUT2D eigenvalue weighted by Crippen LogP contribution is -2.18. The Morgan fingerprint density at radius 1 is 0.517 bits per heavy atom. The van der Waals surface area contributed by atoms with Crippen LogP contribution in [0.4, 0.5) is 0 Å². The van der Waals surface area contributed by atoms with E-state index in [2.05, 4.69) is 13.8 Å². The Kier molecular flexibility index (Phi) is 21.7. The molecule has 0 aliphatic carbocycles. The van der Waals surface area contributed by atoms with Crippen LogP contribution in [0.3, 0.4) is 0 Å². The van der Waals surface area contributed by atoms with Gasteiger partial charge in [0.15, 0.2) is 6.10 Å². The first-order valence-electron chi connectivity index (χ1n) is 12.9. The summed E-state index contributed by atoms with van der Waals surface area (Å²) in [6, 6.07) is 0. The van der Waals surface area contributed by atoms with Gasteiger partial charge in [0.2, 0.25) is 0 Å². The van der Waals surface area contributed by atoms with Crippen LogP contribution in [-0.4, -0.2) is 22.3 Å². The van der Waals surface area contributed by atoms with Crippen molar-refractivity contribution >= 4 is 5.97 Å². The van der Waals surface area contributed by atoms with E-state index in [1.165, 1.54) is 116 Å². The highest BCUT2D eigenvalue weighted by atomic mass is 16.4. The number of hydrogen-bond donors (Lipinski definition) is 2. The molecule has 0 aromatic rings. The highest BCUT2D eigenvalue weighted by Gasteiger charge is 2.11. The van der Waals surface area contributed by atoms with Gasteiger partial charge >= 0.3 is 5.97 Å². The maximum Gasteiger partial charge on any atom is 0.332 e. The summed E-state index contributed by atoms with van der Waals surface area (Å²) in [4.78, 5) is 10.5. The van der Waals surface area contributed by atoms with Crippen LogP contribution < -0.4 is 0 Å². The number of carbonyl (C=O) groups is 1. The Balaban J connectivity index is 3.06. The van der Waals surface area contributed by atoms with Crippen LogP contribution in [0.25, 0.3) is 0 Å². The summed E-state index contributed by atoms with van der Waals surface area (Å²) in [5.74, 6) is -0.215. The lowest BCUT2D eigenvalue weighted by atomic mass is 10.0. The van der Waals surface area contributed by atoms with Crippen molar-refractivity contribution in [1.82, 2.24) is 0 Å². The molecule has 1 unspecified atom stereocenters. The van der Waals surface area contributed by atoms with Gasteiger partial charge in [0.25, 0.3) is 0 Å². The molecule has 0 fully saturated rings. The van der Waals surface area contributed by atoms with E-state index in [9.17, 15) is 9.90 Å². The van der Waals surface area contributed by atoms with Gasteiger partial charge in [-0.1, -0.05) is 142 Å². The quantitative estimate of drug-likeness (QED) is 0.166. The standard InChI is InChI=1S/C26H52O3/c1-24(2)22-20-18-16-14-12-10-8-6-4-3-5-7-9-11-13-15-17-19-21-23-25(27)26(28)29/h24-25,27H,3-23H2,1-2H3,(H,28,29). The first-order chi connectivity index (χ1) is 14.0. The zero-order valence-corrected chi connectivity index (χ0v) is 19.8. The Bertz CT molecular complexity index is 341. The molecule has 0 aromatic heterocycles. The predicted molar refractivity (Wildman–Crippen MR) is 125 cm³/mol. The van der Waals surface area contributed by atoms with Crippen molar-refractivity contribution in [3.05, 3.63) is 0 Å². The van der Waals surface area contributed by atoms with Gasteiger partial charge in [-0.15, -0.1) is 0 Å². The van der Waals surface area contributed by atoms with Gasteiger partial charge in [-0.2, -0.15) is 0 Å². The third-order valence-corrected chi connectivity index (χ3v) is 6.04. The molecular weight excluding hydrogens is 360 g/mol. The fourth-order valence-corrected chi connectivity index (χ4v) is 4.02. The van der Waals surface area contributed by atoms with Crippen LogP contribution in [-0.2, 0) is 4.79 Å². The molecule has 3 nitrogen and oxygen atoms in total. The van der Waals surface area contributed by atoms with Crippen molar-refractivity contribution in [1.29, 1.82) is 0 Å². The van der Waals surface area contributed by atoms with Crippen molar-refractivity contribution in [2.45, 2.75) is 155 Å². The number of carboxylic acids is 1. The second-order valence-corrected chi connectivity index (χ2v) is 9.54. The summed E-state index contributed by atoms with van der Waals surface area (Å²) in [7, 11) is 0. The Morgan fingerprint density at radius 2 is 0.759 bits per heavy atom. The van der Waals surface area contributed by atoms with E-state index in [1.807, 2.05) is 0 Å². The summed E-state index contributed by atoms with van der Waals surface area (Å²) in [5, 5.41) is 17.8. The monoisotopic (exact) mass is 412 g/mol. The lowest BCUT2D eigenvalue weighted by Gasteiger charge is -2.05. The molecule has 3 heteroatoms. The number of aliphatic hydroxyl groups excluding tert-OH is 1. The van der Waals surface area contributed by atoms with E-state index in [-0.39, 0.29) is 0 Å². The van der Waals surface area contributed by atoms with Crippen molar-refractivity contribution in [3.8, 4) is 0 Å². The summed E-state index contributed by atoms with van der Waals surface area (Å²) in [6.45, 7) is 4.65. The molecule has 0 heterocycles. The molecule has 29 heavy (non-hydrogen) atoms. The second-order valence-electron chi connectivity index (χ2n) is 9.54. The van der Waals surface area contributed by atoms with E-state index < -0.39 is 12.1 Å². The third kappa shape index (κ3) is 23.6. The summed E-state index contributed by atoms with van der Waals surface area (Å²) in [6.07, 6.45) is 26.1. The molecule has 0 saturated carbocycles. The van der Waals surface area contributed by atoms with Gasteiger partial charge in [-0.05, 0) is 12.3 Å². The van der Waals surface area contributed by atoms with E-state index in [1.54, 1.807) is 0 Å². The highest BCUT2D eigenvalue weighted by molar-refractivity contribution is 5.71. The number of aliphatic carboxylic acids is 1. The molecule has 174 valence electrons. The van der Waals surface area contributed by atoms with Gasteiger partial charge in [0.1, 0.15) is 0 Å². The van der Waals surface area contributed by atoms with Crippen molar-refractivity contribution in [2.75, 3.05) is 0 Å². The average Bonchev–Trinajstić information content (AvgIpc) is 2.68. The zero-order valence-electron chi connectivity index (χ0n) is 19.8. The minimum atomic E-state index is -1.17. The number of aliphatic hydroxyl groups is 1. The number of hydrogen-bond acceptors (Lipinski definition) is 2. The molecule has 0 aliphatic heterocycles. The highest BCUT2D eigenvalue weighted by Crippen LogP contribution is 2.15. The number of rotatable bonds is 23. The fourth-order valence-electron chi connectivity index (χ4n) is 4.02. The number of unbranched alkanes of at least 4 members (excludes halogenated alkanes) is 18. The summed E-state index contributed by atoms with van der Waals surface area (Å²) in [5.41, 5.74) is 0. The van der Waals surface area contributed by atoms with E-state index in [0.717, 1.165) is 18.8 Å². The molecule has 0 aliphatic rings. The lowest BCUT2D eigenvalue weighted by molar-refractivity contribution is -0.146. The van der Waals surface area contributed by atoms with Gasteiger partial charge in [0.05, 0.1) is 0 Å². The first-order valence-corrected chi connectivity index (χ1v) is 12.9. The van der Waals surface area contributed by atoms with Crippen LogP contribution >= 0.6 is 0 Å². The normalized spacial score (nSPS) is 12.6. The van der Waals surface area contributed by atoms with Crippen LogP contribution in [0, 0.1) is 5.92 Å². The van der Waals surface area contributed by atoms with Gasteiger partial charge in [0, 0.05) is 0 Å². The third-order valence-electron chi connectivity index (χ3n) is 6.04. The van der Waals surface area contributed by atoms with Gasteiger partial charge in [-0.3, -0.25) is 0 Å². The molecule has 0 bridgehead atoms. The maximum atomic E-state index is 10.5. The minimum absolute atomic E-state index is 0.397. The molecular formula is C26H52O3. The summed E-state index contributed by atoms with van der Waals surface area (Å²) >= 11 is 0. The minimum Gasteiger partial charge on any atom is -0.479 e. The van der Waals surface area contributed by atoms with Crippen molar-refractivity contribution in [3.63, 3.8) is 0 Å². The Morgan fingerprint density at radius 3 is 1.00 bits per heavy atom. The van der Waals surface area contributed by atoms with E-state index in [4.69, 9.17) is 5.11 Å². The Labute approximate surface area is 182 Å². The molecule has 0 radical (unpaired) electrons. The van der Waals surface area contributed by atoms with Gasteiger partial charge < -0.3 is 10.2 Å². The molecule has 0 aromatic carbocycles. The molecule has 1 atom stereocenters. The van der Waals surface area contributed by atoms with Crippen LogP contribution in [0.1, 0.15) is 149 Å². The first kappa shape index (κ1) is 28.4. The zero-order chi connectivity index (χ0) is 21.6. The molecule has 0 spiro atoms. The van der Waals surface area contributed by atoms with Crippen molar-refractivity contribution < 1.29 is 15.0 Å². The van der Waals surface area contributed by atoms with Crippen LogP contribution in [0.5, 0.6) is 0 Å². The topological polar surface area (TPSA) is 57.5 Å². The van der Waals surface area contributed by atoms with Crippen LogP contribution in [0.2, 0.25) is 0 Å². The van der Waals surface area contributed by atoms with Crippen LogP contribution in [0.15, 0.2) is 0 Å². The number of carboxylic acid groups (broad SMARTS) is 1. The molecule has 2 N–H and O–H groups in total. The SMILES string of the molecule is CC(C)CCCCCCCCCCCCCCCCCCCCCC(O)C(=O)O. The summed E-state index contributed by atoms with van der Waals surface area (Å²) < 4.78 is 0.